The predicted octanol–water partition coefficient (Wildman–Crippen LogP) is 0.764. The summed E-state index contributed by atoms with van der Waals surface area (Å²) in [4.78, 5) is 4.02. The molecule has 0 amide bonds. The quantitative estimate of drug-likeness (QED) is 0.573. The number of nitrogens with zero attached hydrogens (tertiary/aromatic N) is 2. The number of nitrogens with one attached hydrogen (secondary N) is 1. The zero-order chi connectivity index (χ0) is 5.40. The van der Waals surface area contributed by atoms with E-state index in [-0.39, 0.29) is 12.4 Å². The molecule has 0 saturated heterocycles. The number of fused-ring (bicyclic) bond motifs is 1. The van der Waals surface area contributed by atoms with Gasteiger partial charge in [-0.15, -0.1) is 12.4 Å². The van der Waals surface area contributed by atoms with Gasteiger partial charge >= 0.3 is 0 Å². The smallest absolute Gasteiger partial charge is 0.0812 e. The van der Waals surface area contributed by atoms with Crippen LogP contribution in [0.15, 0.2) is 11.2 Å². The van der Waals surface area contributed by atoms with Crippen molar-refractivity contribution in [2.45, 2.75) is 6.54 Å². The monoisotopic (exact) mass is 143 g/mol. The first-order chi connectivity index (χ1) is 3.97. The lowest BCUT2D eigenvalue weighted by Gasteiger charge is -1.78. The summed E-state index contributed by atoms with van der Waals surface area (Å²) in [5.41, 5.74) is 2.26. The highest BCUT2D eigenvalue weighted by atomic mass is 35.5. The molecule has 0 saturated carbocycles. The fraction of sp³-hybridized carbons (Fsp3) is 0.200. The first-order valence-corrected chi connectivity index (χ1v) is 2.49. The molecule has 3 nitrogen and oxygen atoms in total. The van der Waals surface area contributed by atoms with Gasteiger partial charge in [-0.3, -0.25) is 10.1 Å². The van der Waals surface area contributed by atoms with E-state index in [1.807, 2.05) is 6.21 Å². The van der Waals surface area contributed by atoms with Crippen molar-refractivity contribution in [2.24, 2.45) is 4.99 Å². The van der Waals surface area contributed by atoms with Crippen LogP contribution in [0.25, 0.3) is 0 Å². The molecular weight excluding hydrogens is 138 g/mol. The van der Waals surface area contributed by atoms with Crippen molar-refractivity contribution in [3.63, 3.8) is 0 Å². The number of hydrogen-bond donors (Lipinski definition) is 1. The van der Waals surface area contributed by atoms with E-state index in [1.165, 1.54) is 0 Å². The Labute approximate surface area is 58.6 Å². The summed E-state index contributed by atoms with van der Waals surface area (Å²) in [6.07, 6.45) is 3.62. The number of rotatable bonds is 0. The lowest BCUT2D eigenvalue weighted by atomic mass is 10.3. The first-order valence-electron chi connectivity index (χ1n) is 2.49. The van der Waals surface area contributed by atoms with Gasteiger partial charge in [0.15, 0.2) is 0 Å². The lowest BCUT2D eigenvalue weighted by Crippen LogP contribution is -1.76. The highest BCUT2D eigenvalue weighted by Crippen LogP contribution is 2.08. The second kappa shape index (κ2) is 2.19. The van der Waals surface area contributed by atoms with Gasteiger partial charge in [-0.1, -0.05) is 0 Å². The molecule has 1 aliphatic rings. The molecule has 1 aromatic rings. The molecule has 0 aliphatic carbocycles. The van der Waals surface area contributed by atoms with Crippen LogP contribution in [0.5, 0.6) is 0 Å². The largest absolute Gasteiger partial charge is 0.286 e. The average Bonchev–Trinajstić information content (AvgIpc) is 2.15. The molecular formula is C5H6ClN3. The summed E-state index contributed by atoms with van der Waals surface area (Å²) < 4.78 is 0. The molecule has 4 heteroatoms. The second-order valence-electron chi connectivity index (χ2n) is 1.77. The van der Waals surface area contributed by atoms with E-state index < -0.39 is 0 Å². The number of aliphatic imine (C=N–C) groups is 1. The first kappa shape index (κ1) is 6.29. The van der Waals surface area contributed by atoms with Crippen LogP contribution in [-0.2, 0) is 6.54 Å². The van der Waals surface area contributed by atoms with Crippen molar-refractivity contribution in [1.82, 2.24) is 10.2 Å². The van der Waals surface area contributed by atoms with Crippen LogP contribution in [0.2, 0.25) is 0 Å². The van der Waals surface area contributed by atoms with E-state index in [2.05, 4.69) is 15.2 Å². The van der Waals surface area contributed by atoms with Gasteiger partial charge < -0.3 is 0 Å². The van der Waals surface area contributed by atoms with Crippen LogP contribution in [-0.4, -0.2) is 16.4 Å². The van der Waals surface area contributed by atoms with Crippen molar-refractivity contribution in [3.8, 4) is 0 Å². The van der Waals surface area contributed by atoms with Crippen molar-refractivity contribution in [1.29, 1.82) is 0 Å². The van der Waals surface area contributed by atoms with Gasteiger partial charge in [0.2, 0.25) is 0 Å². The fourth-order valence-corrected chi connectivity index (χ4v) is 0.795. The Hall–Kier alpha value is -0.830. The van der Waals surface area contributed by atoms with Crippen LogP contribution < -0.4 is 0 Å². The maximum absolute atomic E-state index is 4.02. The molecule has 48 valence electrons. The molecule has 0 unspecified atom stereocenters. The standard InChI is InChI=1S/C5H5N3.ClH/c1-4-2-7-8-5(4)3-6-1;/h1-2H,3H2,(H,7,8);1H. The highest BCUT2D eigenvalue weighted by molar-refractivity contribution is 5.85. The van der Waals surface area contributed by atoms with E-state index >= 15 is 0 Å². The maximum Gasteiger partial charge on any atom is 0.0812 e. The van der Waals surface area contributed by atoms with E-state index in [0.717, 1.165) is 17.8 Å². The molecule has 2 heterocycles. The van der Waals surface area contributed by atoms with Crippen LogP contribution in [0.1, 0.15) is 11.3 Å². The Kier molecular flexibility index (Phi) is 1.53. The Bertz CT molecular complexity index is 228. The molecule has 1 N–H and O–H groups in total. The van der Waals surface area contributed by atoms with Crippen molar-refractivity contribution < 1.29 is 0 Å². The van der Waals surface area contributed by atoms with Gasteiger partial charge in [0, 0.05) is 11.8 Å². The summed E-state index contributed by atoms with van der Waals surface area (Å²) in [5.74, 6) is 0. The molecule has 1 aromatic heterocycles. The van der Waals surface area contributed by atoms with Crippen molar-refractivity contribution >= 4 is 18.6 Å². The molecule has 0 fully saturated rings. The van der Waals surface area contributed by atoms with Crippen LogP contribution in [0.4, 0.5) is 0 Å². The Balaban J connectivity index is 0.000000405. The minimum absolute atomic E-state index is 0. The third-order valence-electron chi connectivity index (χ3n) is 1.23. The molecule has 2 rings (SSSR count). The Morgan fingerprint density at radius 3 is 3.22 bits per heavy atom. The zero-order valence-corrected chi connectivity index (χ0v) is 5.48. The average molecular weight is 144 g/mol. The van der Waals surface area contributed by atoms with Gasteiger partial charge in [0.1, 0.15) is 0 Å². The molecule has 9 heavy (non-hydrogen) atoms. The van der Waals surface area contributed by atoms with Gasteiger partial charge in [-0.25, -0.2) is 0 Å². The number of aromatic amines is 1. The van der Waals surface area contributed by atoms with Crippen molar-refractivity contribution in [2.75, 3.05) is 0 Å². The fourth-order valence-electron chi connectivity index (χ4n) is 0.795. The van der Waals surface area contributed by atoms with Crippen molar-refractivity contribution in [3.05, 3.63) is 17.5 Å². The third kappa shape index (κ3) is 0.833. The lowest BCUT2D eigenvalue weighted by molar-refractivity contribution is 0.962. The summed E-state index contributed by atoms with van der Waals surface area (Å²) in [6, 6.07) is 0. The Morgan fingerprint density at radius 2 is 2.44 bits per heavy atom. The normalized spacial score (nSPS) is 12.9. The summed E-state index contributed by atoms with van der Waals surface area (Å²) in [5, 5.41) is 6.67. The van der Waals surface area contributed by atoms with Gasteiger partial charge in [-0.2, -0.15) is 5.10 Å². The number of halogens is 1. The summed E-state index contributed by atoms with van der Waals surface area (Å²) in [6.45, 7) is 0.773. The highest BCUT2D eigenvalue weighted by Gasteiger charge is 2.05. The van der Waals surface area contributed by atoms with E-state index in [4.69, 9.17) is 0 Å². The summed E-state index contributed by atoms with van der Waals surface area (Å²) >= 11 is 0. The Morgan fingerprint density at radius 1 is 1.56 bits per heavy atom. The molecule has 0 aromatic carbocycles. The molecule has 0 spiro atoms. The van der Waals surface area contributed by atoms with Gasteiger partial charge in [-0.05, 0) is 0 Å². The van der Waals surface area contributed by atoms with E-state index in [1.54, 1.807) is 6.20 Å². The van der Waals surface area contributed by atoms with Crippen LogP contribution >= 0.6 is 12.4 Å². The van der Waals surface area contributed by atoms with Crippen LogP contribution in [0.3, 0.4) is 0 Å². The summed E-state index contributed by atoms with van der Waals surface area (Å²) in [7, 11) is 0. The maximum atomic E-state index is 4.02. The van der Waals surface area contributed by atoms with Crippen LogP contribution in [0, 0.1) is 0 Å². The predicted molar refractivity (Wildman–Crippen MR) is 37.1 cm³/mol. The zero-order valence-electron chi connectivity index (χ0n) is 4.66. The molecule has 1 aliphatic heterocycles. The number of H-pyrrole nitrogens is 1. The molecule has 0 atom stereocenters. The second-order valence-corrected chi connectivity index (χ2v) is 1.77. The van der Waals surface area contributed by atoms with E-state index in [0.29, 0.717) is 0 Å². The minimum Gasteiger partial charge on any atom is -0.286 e. The van der Waals surface area contributed by atoms with Gasteiger partial charge in [0.05, 0.1) is 18.4 Å². The minimum atomic E-state index is 0. The molecule has 0 radical (unpaired) electrons. The molecule has 0 bridgehead atoms. The van der Waals surface area contributed by atoms with Gasteiger partial charge in [0.25, 0.3) is 0 Å². The SMILES string of the molecule is C1=NCc2[nH]ncc21.Cl. The van der Waals surface area contributed by atoms with E-state index in [9.17, 15) is 0 Å². The number of hydrogen-bond acceptors (Lipinski definition) is 2. The topological polar surface area (TPSA) is 41.0 Å². The number of aromatic nitrogens is 2. The third-order valence-corrected chi connectivity index (χ3v) is 1.23.